The molecule has 6 nitrogen and oxygen atoms in total. The first-order chi connectivity index (χ1) is 13.0. The van der Waals surface area contributed by atoms with Crippen LogP contribution in [0.25, 0.3) is 6.08 Å². The van der Waals surface area contributed by atoms with Crippen molar-refractivity contribution < 1.29 is 23.7 Å². The average molecular weight is 436 g/mol. The normalized spacial score (nSPS) is 10.6. The number of nitrogens with one attached hydrogen (secondary N) is 1. The fraction of sp³-hybridized carbons (Fsp3) is 0.250. The van der Waals surface area contributed by atoms with Crippen LogP contribution < -0.4 is 24.3 Å². The Balaban J connectivity index is 2.16. The van der Waals surface area contributed by atoms with Crippen LogP contribution in [0.1, 0.15) is 12.5 Å². The van der Waals surface area contributed by atoms with Crippen LogP contribution in [0.2, 0.25) is 0 Å². The summed E-state index contributed by atoms with van der Waals surface area (Å²) >= 11 is 3.39. The van der Waals surface area contributed by atoms with Crippen LogP contribution in [-0.4, -0.2) is 33.8 Å². The van der Waals surface area contributed by atoms with E-state index in [-0.39, 0.29) is 5.91 Å². The Morgan fingerprint density at radius 3 is 2.33 bits per heavy atom. The molecule has 0 bridgehead atoms. The zero-order valence-electron chi connectivity index (χ0n) is 15.7. The number of carbonyl (C=O) groups is 1. The van der Waals surface area contributed by atoms with E-state index in [4.69, 9.17) is 18.9 Å². The average Bonchev–Trinajstić information content (AvgIpc) is 2.68. The van der Waals surface area contributed by atoms with Gasteiger partial charge >= 0.3 is 0 Å². The molecule has 0 atom stereocenters. The standard InChI is InChI=1S/C20H22BrNO5/c1-5-27-16-8-6-13(10-19(16)26-4)7-9-20(23)22-15-12-17(24-2)14(21)11-18(15)25-3/h6-12H,5H2,1-4H3,(H,22,23)/b9-7+. The molecule has 2 rings (SSSR count). The zero-order valence-corrected chi connectivity index (χ0v) is 17.3. The smallest absolute Gasteiger partial charge is 0.248 e. The van der Waals surface area contributed by atoms with Gasteiger partial charge in [0.2, 0.25) is 5.91 Å². The topological polar surface area (TPSA) is 66.0 Å². The molecule has 0 radical (unpaired) electrons. The molecular weight excluding hydrogens is 414 g/mol. The van der Waals surface area contributed by atoms with Crippen molar-refractivity contribution in [3.63, 3.8) is 0 Å². The summed E-state index contributed by atoms with van der Waals surface area (Å²) in [5.74, 6) is 2.08. The SMILES string of the molecule is CCOc1ccc(/C=C/C(=O)Nc2cc(OC)c(Br)cc2OC)cc1OC. The monoisotopic (exact) mass is 435 g/mol. The summed E-state index contributed by atoms with van der Waals surface area (Å²) in [5, 5.41) is 2.79. The Bertz CT molecular complexity index is 835. The van der Waals surface area contributed by atoms with E-state index in [1.54, 1.807) is 38.5 Å². The van der Waals surface area contributed by atoms with E-state index in [0.29, 0.717) is 35.3 Å². The maximum absolute atomic E-state index is 12.3. The van der Waals surface area contributed by atoms with Crippen LogP contribution in [0.4, 0.5) is 5.69 Å². The predicted molar refractivity (Wildman–Crippen MR) is 109 cm³/mol. The van der Waals surface area contributed by atoms with Crippen molar-refractivity contribution in [1.82, 2.24) is 0 Å². The summed E-state index contributed by atoms with van der Waals surface area (Å²) in [7, 11) is 4.66. The molecule has 27 heavy (non-hydrogen) atoms. The fourth-order valence-corrected chi connectivity index (χ4v) is 2.85. The number of carbonyl (C=O) groups excluding carboxylic acids is 1. The summed E-state index contributed by atoms with van der Waals surface area (Å²) < 4.78 is 22.1. The van der Waals surface area contributed by atoms with Gasteiger partial charge in [-0.25, -0.2) is 0 Å². The Morgan fingerprint density at radius 1 is 1.00 bits per heavy atom. The molecular formula is C20H22BrNO5. The second-order valence-corrected chi connectivity index (χ2v) is 6.21. The molecule has 144 valence electrons. The van der Waals surface area contributed by atoms with Crippen LogP contribution in [0.15, 0.2) is 40.9 Å². The molecule has 2 aromatic carbocycles. The molecule has 0 spiro atoms. The van der Waals surface area contributed by atoms with E-state index >= 15 is 0 Å². The highest BCUT2D eigenvalue weighted by Gasteiger charge is 2.11. The zero-order chi connectivity index (χ0) is 19.8. The van der Waals surface area contributed by atoms with Gasteiger partial charge in [0.05, 0.1) is 38.1 Å². The summed E-state index contributed by atoms with van der Waals surface area (Å²) in [6.07, 6.45) is 3.12. The molecule has 2 aromatic rings. The molecule has 1 N–H and O–H groups in total. The molecule has 0 aliphatic rings. The molecule has 0 heterocycles. The summed E-state index contributed by atoms with van der Waals surface area (Å²) in [6, 6.07) is 8.88. The van der Waals surface area contributed by atoms with Crippen molar-refractivity contribution in [2.24, 2.45) is 0 Å². The number of benzene rings is 2. The van der Waals surface area contributed by atoms with Crippen LogP contribution in [-0.2, 0) is 4.79 Å². The highest BCUT2D eigenvalue weighted by atomic mass is 79.9. The number of methoxy groups -OCH3 is 3. The van der Waals surface area contributed by atoms with Gasteiger partial charge < -0.3 is 24.3 Å². The van der Waals surface area contributed by atoms with Gasteiger partial charge in [0.25, 0.3) is 0 Å². The van der Waals surface area contributed by atoms with Gasteiger partial charge in [-0.05, 0) is 46.6 Å². The van der Waals surface area contributed by atoms with Gasteiger partial charge in [0, 0.05) is 18.2 Å². The van der Waals surface area contributed by atoms with Crippen molar-refractivity contribution in [1.29, 1.82) is 0 Å². The maximum Gasteiger partial charge on any atom is 0.248 e. The van der Waals surface area contributed by atoms with E-state index in [2.05, 4.69) is 21.2 Å². The Hall–Kier alpha value is -2.67. The lowest BCUT2D eigenvalue weighted by atomic mass is 10.2. The van der Waals surface area contributed by atoms with Gasteiger partial charge in [0.15, 0.2) is 11.5 Å². The summed E-state index contributed by atoms with van der Waals surface area (Å²) in [6.45, 7) is 2.45. The third-order valence-corrected chi connectivity index (χ3v) is 4.27. The van der Waals surface area contributed by atoms with Crippen LogP contribution >= 0.6 is 15.9 Å². The number of anilines is 1. The highest BCUT2D eigenvalue weighted by molar-refractivity contribution is 9.10. The van der Waals surface area contributed by atoms with Gasteiger partial charge in [0.1, 0.15) is 11.5 Å². The number of halogens is 1. The van der Waals surface area contributed by atoms with Gasteiger partial charge in [-0.2, -0.15) is 0 Å². The maximum atomic E-state index is 12.3. The molecule has 0 aliphatic heterocycles. The molecule has 1 amide bonds. The third-order valence-electron chi connectivity index (χ3n) is 3.65. The molecule has 0 saturated heterocycles. The van der Waals surface area contributed by atoms with Crippen molar-refractivity contribution in [2.75, 3.05) is 33.3 Å². The molecule has 0 fully saturated rings. The van der Waals surface area contributed by atoms with E-state index in [9.17, 15) is 4.79 Å². The second kappa shape index (κ2) is 9.87. The Morgan fingerprint density at radius 2 is 1.70 bits per heavy atom. The lowest BCUT2D eigenvalue weighted by Gasteiger charge is -2.12. The number of hydrogen-bond donors (Lipinski definition) is 1. The molecule has 7 heteroatoms. The van der Waals surface area contributed by atoms with E-state index in [0.717, 1.165) is 10.0 Å². The van der Waals surface area contributed by atoms with Crippen LogP contribution in [0.3, 0.4) is 0 Å². The van der Waals surface area contributed by atoms with E-state index < -0.39 is 0 Å². The van der Waals surface area contributed by atoms with Crippen molar-refractivity contribution in [2.45, 2.75) is 6.92 Å². The number of amides is 1. The summed E-state index contributed by atoms with van der Waals surface area (Å²) in [5.41, 5.74) is 1.32. The minimum atomic E-state index is -0.300. The van der Waals surface area contributed by atoms with Crippen LogP contribution in [0, 0.1) is 0 Å². The summed E-state index contributed by atoms with van der Waals surface area (Å²) in [4.78, 5) is 12.3. The van der Waals surface area contributed by atoms with E-state index in [1.165, 1.54) is 13.2 Å². The molecule has 0 saturated carbocycles. The van der Waals surface area contributed by atoms with Crippen molar-refractivity contribution in [3.05, 3.63) is 46.4 Å². The number of hydrogen-bond acceptors (Lipinski definition) is 5. The number of ether oxygens (including phenoxy) is 4. The number of rotatable bonds is 8. The lowest BCUT2D eigenvalue weighted by Crippen LogP contribution is -2.09. The largest absolute Gasteiger partial charge is 0.495 e. The first-order valence-electron chi connectivity index (χ1n) is 8.23. The van der Waals surface area contributed by atoms with Gasteiger partial charge in [-0.3, -0.25) is 4.79 Å². The van der Waals surface area contributed by atoms with Gasteiger partial charge in [-0.15, -0.1) is 0 Å². The minimum absolute atomic E-state index is 0.300. The lowest BCUT2D eigenvalue weighted by molar-refractivity contribution is -0.111. The third kappa shape index (κ3) is 5.40. The Kier molecular flexibility index (Phi) is 7.55. The predicted octanol–water partition coefficient (Wildman–Crippen LogP) is 4.53. The first-order valence-corrected chi connectivity index (χ1v) is 9.03. The Labute approximate surface area is 167 Å². The van der Waals surface area contributed by atoms with Crippen molar-refractivity contribution in [3.8, 4) is 23.0 Å². The first kappa shape index (κ1) is 20.6. The highest BCUT2D eigenvalue weighted by Crippen LogP contribution is 2.36. The molecule has 0 unspecified atom stereocenters. The molecule has 0 aromatic heterocycles. The van der Waals surface area contributed by atoms with Gasteiger partial charge in [-0.1, -0.05) is 6.07 Å². The quantitative estimate of drug-likeness (QED) is 0.617. The second-order valence-electron chi connectivity index (χ2n) is 5.35. The van der Waals surface area contributed by atoms with E-state index in [1.807, 2.05) is 19.1 Å². The van der Waals surface area contributed by atoms with Crippen molar-refractivity contribution >= 4 is 33.6 Å². The molecule has 0 aliphatic carbocycles. The minimum Gasteiger partial charge on any atom is -0.495 e. The fourth-order valence-electron chi connectivity index (χ4n) is 2.37. The van der Waals surface area contributed by atoms with Crippen LogP contribution in [0.5, 0.6) is 23.0 Å².